The molecule has 0 radical (unpaired) electrons. The summed E-state index contributed by atoms with van der Waals surface area (Å²) in [6.45, 7) is 4.06. The van der Waals surface area contributed by atoms with Crippen molar-refractivity contribution in [3.8, 4) is 0 Å². The third-order valence-corrected chi connectivity index (χ3v) is 3.25. The fourth-order valence-electron chi connectivity index (χ4n) is 2.31. The number of benzene rings is 1. The molecule has 1 amide bonds. The molecule has 1 unspecified atom stereocenters. The summed E-state index contributed by atoms with van der Waals surface area (Å²) >= 11 is 0. The average molecular weight is 259 g/mol. The molecule has 0 bridgehead atoms. The lowest BCUT2D eigenvalue weighted by Crippen LogP contribution is -2.32. The Labute approximate surface area is 112 Å². The Morgan fingerprint density at radius 2 is 2.05 bits per heavy atom. The van der Waals surface area contributed by atoms with Gasteiger partial charge in [-0.2, -0.15) is 0 Å². The number of aliphatic carboxylic acids is 1. The van der Waals surface area contributed by atoms with E-state index in [9.17, 15) is 9.59 Å². The molecule has 1 heterocycles. The van der Waals surface area contributed by atoms with Gasteiger partial charge in [-0.1, -0.05) is 38.1 Å². The van der Waals surface area contributed by atoms with Crippen molar-refractivity contribution in [2.75, 3.05) is 0 Å². The lowest BCUT2D eigenvalue weighted by molar-refractivity contribution is -0.137. The summed E-state index contributed by atoms with van der Waals surface area (Å²) in [4.78, 5) is 22.9. The average Bonchev–Trinajstić information content (AvgIpc) is 2.47. The fourth-order valence-corrected chi connectivity index (χ4v) is 2.31. The maximum atomic E-state index is 12.1. The molecule has 19 heavy (non-hydrogen) atoms. The van der Waals surface area contributed by atoms with Crippen LogP contribution in [0, 0.1) is 5.92 Å². The Morgan fingerprint density at radius 3 is 2.68 bits per heavy atom. The van der Waals surface area contributed by atoms with Gasteiger partial charge in [0, 0.05) is 5.57 Å². The molecule has 0 saturated carbocycles. The highest BCUT2D eigenvalue weighted by Gasteiger charge is 2.26. The second-order valence-corrected chi connectivity index (χ2v) is 5.06. The Hall–Kier alpha value is -2.10. The van der Waals surface area contributed by atoms with Gasteiger partial charge < -0.3 is 10.4 Å². The number of rotatable bonds is 3. The minimum absolute atomic E-state index is 0.0914. The molecule has 1 aromatic carbocycles. The van der Waals surface area contributed by atoms with Crippen LogP contribution in [0.25, 0.3) is 6.08 Å². The van der Waals surface area contributed by atoms with Crippen LogP contribution in [0.1, 0.15) is 37.4 Å². The number of carbonyl (C=O) groups excluding carboxylic acids is 1. The Bertz CT molecular complexity index is 546. The molecule has 1 aliphatic rings. The summed E-state index contributed by atoms with van der Waals surface area (Å²) < 4.78 is 0. The van der Waals surface area contributed by atoms with Crippen molar-refractivity contribution in [1.82, 2.24) is 5.32 Å². The van der Waals surface area contributed by atoms with Gasteiger partial charge >= 0.3 is 5.97 Å². The van der Waals surface area contributed by atoms with Crippen molar-refractivity contribution in [1.29, 1.82) is 0 Å². The molecule has 0 spiro atoms. The fraction of sp³-hybridized carbons (Fsp3) is 0.333. The van der Waals surface area contributed by atoms with Crippen LogP contribution < -0.4 is 5.32 Å². The van der Waals surface area contributed by atoms with Crippen LogP contribution in [-0.2, 0) is 9.59 Å². The van der Waals surface area contributed by atoms with Crippen molar-refractivity contribution in [2.24, 2.45) is 5.92 Å². The Balaban J connectivity index is 2.48. The molecule has 2 N–H and O–H groups in total. The molecule has 4 heteroatoms. The van der Waals surface area contributed by atoms with E-state index in [4.69, 9.17) is 5.11 Å². The Morgan fingerprint density at radius 1 is 1.37 bits per heavy atom. The van der Waals surface area contributed by atoms with E-state index < -0.39 is 5.97 Å². The summed E-state index contributed by atoms with van der Waals surface area (Å²) in [6.07, 6.45) is 1.42. The van der Waals surface area contributed by atoms with Crippen LogP contribution >= 0.6 is 0 Å². The zero-order chi connectivity index (χ0) is 14.0. The molecule has 0 aromatic heterocycles. The third kappa shape index (κ3) is 2.84. The predicted molar refractivity (Wildman–Crippen MR) is 72.4 cm³/mol. The van der Waals surface area contributed by atoms with E-state index in [2.05, 4.69) is 5.32 Å². The first-order valence-corrected chi connectivity index (χ1v) is 6.31. The second-order valence-electron chi connectivity index (χ2n) is 5.06. The van der Waals surface area contributed by atoms with Crippen LogP contribution in [0.5, 0.6) is 0 Å². The van der Waals surface area contributed by atoms with Gasteiger partial charge in [0.2, 0.25) is 5.91 Å². The van der Waals surface area contributed by atoms with E-state index in [0.29, 0.717) is 5.57 Å². The van der Waals surface area contributed by atoms with Gasteiger partial charge in [-0.25, -0.2) is 0 Å². The molecule has 0 saturated heterocycles. The largest absolute Gasteiger partial charge is 0.481 e. The molecule has 1 atom stereocenters. The van der Waals surface area contributed by atoms with E-state index in [1.165, 1.54) is 0 Å². The van der Waals surface area contributed by atoms with E-state index in [1.807, 2.05) is 38.1 Å². The van der Waals surface area contributed by atoms with Crippen LogP contribution in [0.15, 0.2) is 29.8 Å². The highest BCUT2D eigenvalue weighted by atomic mass is 16.4. The molecule has 1 aliphatic heterocycles. The van der Waals surface area contributed by atoms with Gasteiger partial charge in [0.1, 0.15) is 0 Å². The molecule has 100 valence electrons. The van der Waals surface area contributed by atoms with Gasteiger partial charge in [0.05, 0.1) is 12.5 Å². The van der Waals surface area contributed by atoms with E-state index >= 15 is 0 Å². The number of amides is 1. The first-order valence-electron chi connectivity index (χ1n) is 6.31. The van der Waals surface area contributed by atoms with Gasteiger partial charge in [0.15, 0.2) is 0 Å². The number of hydrogen-bond donors (Lipinski definition) is 2. The van der Waals surface area contributed by atoms with Gasteiger partial charge in [-0.05, 0) is 23.1 Å². The minimum Gasteiger partial charge on any atom is -0.481 e. The summed E-state index contributed by atoms with van der Waals surface area (Å²) in [5.74, 6) is -1.05. The van der Waals surface area contributed by atoms with Gasteiger partial charge in [0.25, 0.3) is 0 Å². The summed E-state index contributed by atoms with van der Waals surface area (Å²) in [5.41, 5.74) is 2.24. The predicted octanol–water partition coefficient (Wildman–Crippen LogP) is 2.37. The Kier molecular flexibility index (Phi) is 3.69. The zero-order valence-corrected chi connectivity index (χ0v) is 11.0. The van der Waals surface area contributed by atoms with Crippen molar-refractivity contribution in [2.45, 2.75) is 26.3 Å². The first-order chi connectivity index (χ1) is 8.99. The molecule has 2 rings (SSSR count). The third-order valence-electron chi connectivity index (χ3n) is 3.25. The van der Waals surface area contributed by atoms with E-state index in [0.717, 1.165) is 11.1 Å². The van der Waals surface area contributed by atoms with Crippen LogP contribution in [-0.4, -0.2) is 17.0 Å². The summed E-state index contributed by atoms with van der Waals surface area (Å²) in [5, 5.41) is 11.8. The lowest BCUT2D eigenvalue weighted by atomic mass is 9.93. The maximum absolute atomic E-state index is 12.1. The highest BCUT2D eigenvalue weighted by molar-refractivity contribution is 6.02. The minimum atomic E-state index is -0.998. The van der Waals surface area contributed by atoms with Crippen molar-refractivity contribution >= 4 is 18.0 Å². The monoisotopic (exact) mass is 259 g/mol. The zero-order valence-electron chi connectivity index (χ0n) is 11.0. The smallest absolute Gasteiger partial charge is 0.308 e. The molecule has 1 aromatic rings. The van der Waals surface area contributed by atoms with Crippen molar-refractivity contribution < 1.29 is 14.7 Å². The molecular weight excluding hydrogens is 242 g/mol. The normalized spacial score (nSPS) is 18.4. The quantitative estimate of drug-likeness (QED) is 0.875. The van der Waals surface area contributed by atoms with Gasteiger partial charge in [-0.15, -0.1) is 0 Å². The standard InChI is InChI=1S/C15H17NO3/c1-9(2)14-12-6-4-3-5-10(12)7-11(8-13(17)18)15(19)16-14/h3-7,9,14H,8H2,1-2H3,(H,16,19)(H,17,18). The topological polar surface area (TPSA) is 66.4 Å². The molecule has 4 nitrogen and oxygen atoms in total. The van der Waals surface area contributed by atoms with Crippen LogP contribution in [0.4, 0.5) is 0 Å². The lowest BCUT2D eigenvalue weighted by Gasteiger charge is -2.22. The second kappa shape index (κ2) is 5.26. The van der Waals surface area contributed by atoms with Crippen molar-refractivity contribution in [3.05, 3.63) is 41.0 Å². The number of nitrogens with one attached hydrogen (secondary N) is 1. The maximum Gasteiger partial charge on any atom is 0.308 e. The van der Waals surface area contributed by atoms with Crippen LogP contribution in [0.3, 0.4) is 0 Å². The number of hydrogen-bond acceptors (Lipinski definition) is 2. The summed E-state index contributed by atoms with van der Waals surface area (Å²) in [6, 6.07) is 7.61. The van der Waals surface area contributed by atoms with Gasteiger partial charge in [-0.3, -0.25) is 9.59 Å². The molecule has 0 fully saturated rings. The molecule has 0 aliphatic carbocycles. The first kappa shape index (κ1) is 13.3. The summed E-state index contributed by atoms with van der Waals surface area (Å²) in [7, 11) is 0. The van der Waals surface area contributed by atoms with E-state index in [-0.39, 0.29) is 24.3 Å². The van der Waals surface area contributed by atoms with Crippen LogP contribution in [0.2, 0.25) is 0 Å². The number of carbonyl (C=O) groups is 2. The SMILES string of the molecule is CC(C)C1NC(=O)C(CC(=O)O)=Cc2ccccc21. The number of carboxylic acid groups (broad SMARTS) is 1. The number of carboxylic acids is 1. The molecular formula is C15H17NO3. The highest BCUT2D eigenvalue weighted by Crippen LogP contribution is 2.29. The number of fused-ring (bicyclic) bond motifs is 1. The van der Waals surface area contributed by atoms with E-state index in [1.54, 1.807) is 6.08 Å². The van der Waals surface area contributed by atoms with Crippen molar-refractivity contribution in [3.63, 3.8) is 0 Å².